The van der Waals surface area contributed by atoms with Crippen molar-refractivity contribution < 1.29 is 28.5 Å². The predicted molar refractivity (Wildman–Crippen MR) is 204 cm³/mol. The molecule has 4 rings (SSSR count). The number of nitrogens with one attached hydrogen (secondary N) is 2. The highest BCUT2D eigenvalue weighted by atomic mass is 32.3. The third-order valence-electron chi connectivity index (χ3n) is 8.60. The number of rotatable bonds is 18. The maximum atomic E-state index is 14.0. The van der Waals surface area contributed by atoms with Gasteiger partial charge in [0.1, 0.15) is 24.1 Å². The van der Waals surface area contributed by atoms with Crippen LogP contribution >= 0.6 is 20.1 Å². The van der Waals surface area contributed by atoms with Crippen LogP contribution in [0, 0.1) is 31.6 Å². The lowest BCUT2D eigenvalue weighted by atomic mass is 9.88. The lowest BCUT2D eigenvalue weighted by Gasteiger charge is -2.29. The number of aromatic nitrogens is 3. The number of carbonyl (C=O) groups is 2. The van der Waals surface area contributed by atoms with Gasteiger partial charge in [0.2, 0.25) is 5.91 Å². The van der Waals surface area contributed by atoms with Crippen molar-refractivity contribution in [1.29, 1.82) is 0 Å². The molecule has 0 saturated heterocycles. The number of amides is 2. The first kappa shape index (κ1) is 39.3. The van der Waals surface area contributed by atoms with E-state index in [9.17, 15) is 9.59 Å². The molecule has 2 fully saturated rings. The molecule has 0 aromatic carbocycles. The van der Waals surface area contributed by atoms with Gasteiger partial charge in [-0.25, -0.2) is 29.5 Å². The molecule has 2 heterocycles. The summed E-state index contributed by atoms with van der Waals surface area (Å²) in [6.07, 6.45) is 18.9. The summed E-state index contributed by atoms with van der Waals surface area (Å²) in [7, 11) is -1.36. The van der Waals surface area contributed by atoms with E-state index in [1.807, 2.05) is 39.3 Å². The highest BCUT2D eigenvalue weighted by Crippen LogP contribution is 2.51. The van der Waals surface area contributed by atoms with Crippen molar-refractivity contribution in [3.63, 3.8) is 0 Å². The van der Waals surface area contributed by atoms with E-state index in [0.29, 0.717) is 48.9 Å². The smallest absolute Gasteiger partial charge is 0.408 e. The summed E-state index contributed by atoms with van der Waals surface area (Å²) in [6.45, 7) is 11.1. The number of hydrogen-bond donors (Lipinski definition) is 2. The molecule has 2 aliphatic rings. The van der Waals surface area contributed by atoms with Gasteiger partial charge in [0.25, 0.3) is 0 Å². The largest absolute Gasteiger partial charge is 0.465 e. The molecule has 2 aromatic heterocycles. The summed E-state index contributed by atoms with van der Waals surface area (Å²) < 4.78 is 25.5. The average molecular weight is 724 g/mol. The molecular formula is C36H61N5O6S2. The quantitative estimate of drug-likeness (QED) is 0.131. The zero-order valence-corrected chi connectivity index (χ0v) is 33.3. The first-order valence-electron chi connectivity index (χ1n) is 17.3. The van der Waals surface area contributed by atoms with Gasteiger partial charge in [-0.3, -0.25) is 9.78 Å². The molecule has 1 unspecified atom stereocenters. The lowest BCUT2D eigenvalue weighted by molar-refractivity contribution is -0.120. The molecule has 13 heteroatoms. The summed E-state index contributed by atoms with van der Waals surface area (Å²) >= 11 is 0. The minimum atomic E-state index is -0.718. The van der Waals surface area contributed by atoms with Gasteiger partial charge in [-0.05, 0) is 116 Å². The van der Waals surface area contributed by atoms with E-state index < -0.39 is 37.8 Å². The van der Waals surface area contributed by atoms with Gasteiger partial charge in [-0.15, -0.1) is 0 Å². The highest BCUT2D eigenvalue weighted by Gasteiger charge is 2.48. The summed E-state index contributed by atoms with van der Waals surface area (Å²) in [5.74, 6) is 3.09. The van der Waals surface area contributed by atoms with Gasteiger partial charge in [0.15, 0.2) is 12.5 Å². The van der Waals surface area contributed by atoms with Crippen LogP contribution in [0.25, 0.3) is 11.3 Å². The molecule has 0 radical (unpaired) electrons. The average Bonchev–Trinajstić information content (AvgIpc) is 3.89. The SMILES string of the molecule is Cc1nn(COCCS(C)(C)C)c(C)c1-c1ncc(NC(=O)C(NC(=O)OC(C)(C)C)C(C2CC2)C2CC2)cc1OCOCCS(C)(C)C. The molecule has 11 nitrogen and oxygen atoms in total. The summed E-state index contributed by atoms with van der Waals surface area (Å²) in [4.78, 5) is 31.7. The molecule has 278 valence electrons. The van der Waals surface area contributed by atoms with E-state index in [4.69, 9.17) is 29.0 Å². The van der Waals surface area contributed by atoms with Crippen molar-refractivity contribution in [2.24, 2.45) is 17.8 Å². The maximum absolute atomic E-state index is 14.0. The van der Waals surface area contributed by atoms with E-state index in [1.165, 1.54) is 0 Å². The van der Waals surface area contributed by atoms with Crippen LogP contribution < -0.4 is 15.4 Å². The van der Waals surface area contributed by atoms with Gasteiger partial charge >= 0.3 is 6.09 Å². The normalized spacial score (nSPS) is 16.7. The number of anilines is 1. The van der Waals surface area contributed by atoms with Crippen LogP contribution in [0.3, 0.4) is 0 Å². The van der Waals surface area contributed by atoms with Gasteiger partial charge in [-0.1, -0.05) is 0 Å². The summed E-state index contributed by atoms with van der Waals surface area (Å²) in [5.41, 5.74) is 2.97. The van der Waals surface area contributed by atoms with Gasteiger partial charge < -0.3 is 29.6 Å². The second kappa shape index (κ2) is 16.2. The van der Waals surface area contributed by atoms with Crippen molar-refractivity contribution in [2.45, 2.75) is 78.7 Å². The molecule has 1 atom stereocenters. The van der Waals surface area contributed by atoms with Crippen molar-refractivity contribution in [3.05, 3.63) is 23.7 Å². The molecule has 2 saturated carbocycles. The summed E-state index contributed by atoms with van der Waals surface area (Å²) in [6, 6.07) is 1.07. The van der Waals surface area contributed by atoms with E-state index in [0.717, 1.165) is 54.1 Å². The molecule has 2 aromatic rings. The predicted octanol–water partition coefficient (Wildman–Crippen LogP) is 6.54. The second-order valence-electron chi connectivity index (χ2n) is 16.3. The van der Waals surface area contributed by atoms with E-state index >= 15 is 0 Å². The van der Waals surface area contributed by atoms with E-state index in [1.54, 1.807) is 12.3 Å². The minimum Gasteiger partial charge on any atom is -0.465 e. The number of carbonyl (C=O) groups excluding carboxylic acids is 2. The zero-order chi connectivity index (χ0) is 36.1. The van der Waals surface area contributed by atoms with Crippen molar-refractivity contribution in [3.8, 4) is 17.0 Å². The Morgan fingerprint density at radius 3 is 2.10 bits per heavy atom. The highest BCUT2D eigenvalue weighted by molar-refractivity contribution is 8.32. The molecule has 2 amide bonds. The summed E-state index contributed by atoms with van der Waals surface area (Å²) in [5, 5.41) is 10.7. The Balaban J connectivity index is 1.57. The molecule has 0 bridgehead atoms. The fourth-order valence-corrected chi connectivity index (χ4v) is 7.03. The minimum absolute atomic E-state index is 0.0420. The Morgan fingerprint density at radius 1 is 0.959 bits per heavy atom. The molecule has 49 heavy (non-hydrogen) atoms. The molecular weight excluding hydrogens is 663 g/mol. The van der Waals surface area contributed by atoms with Gasteiger partial charge in [-0.2, -0.15) is 5.10 Å². The standard InChI is InChI=1S/C36H61N5O6S2/c1-24-30(25(2)41(40-24)22-44-16-18-48(6,7)8)32-29(46-23-45-17-19-49(9,10)11)20-28(21-37-32)38-34(42)33(39-35(43)47-36(3,4)5)31(26-12-13-26)27-14-15-27/h20-21,26-27,31,33H,12-19,22-23H2,1-11H3,(H,38,42)(H,39,43). The van der Waals surface area contributed by atoms with Crippen LogP contribution in [0.1, 0.15) is 57.8 Å². The Hall–Kier alpha value is -2.48. The van der Waals surface area contributed by atoms with Crippen LogP contribution in [-0.2, 0) is 25.7 Å². The number of nitrogens with zero attached hydrogens (tertiary/aromatic N) is 3. The first-order valence-corrected chi connectivity index (χ1v) is 23.3. The van der Waals surface area contributed by atoms with Crippen molar-refractivity contribution in [2.75, 3.05) is 74.4 Å². The van der Waals surface area contributed by atoms with Gasteiger partial charge in [0.05, 0.1) is 30.8 Å². The number of pyridine rings is 1. The maximum Gasteiger partial charge on any atom is 0.408 e. The first-order chi connectivity index (χ1) is 22.8. The zero-order valence-electron chi connectivity index (χ0n) is 31.6. The number of aryl methyl sites for hydroxylation is 1. The molecule has 2 aliphatic carbocycles. The second-order valence-corrected chi connectivity index (χ2v) is 25.5. The number of hydrogen-bond acceptors (Lipinski definition) is 8. The third kappa shape index (κ3) is 12.7. The Kier molecular flexibility index (Phi) is 13.0. The van der Waals surface area contributed by atoms with Crippen LogP contribution in [-0.4, -0.2) is 107 Å². The molecule has 0 aliphatic heterocycles. The Labute approximate surface area is 297 Å². The number of ether oxygens (including phenoxy) is 4. The van der Waals surface area contributed by atoms with Crippen molar-refractivity contribution in [1.82, 2.24) is 20.1 Å². The topological polar surface area (TPSA) is 126 Å². The fourth-order valence-electron chi connectivity index (χ4n) is 5.79. The third-order valence-corrected chi connectivity index (χ3v) is 11.4. The molecule has 0 spiro atoms. The van der Waals surface area contributed by atoms with Gasteiger partial charge in [0, 0.05) is 28.8 Å². The Morgan fingerprint density at radius 2 is 1.55 bits per heavy atom. The monoisotopic (exact) mass is 723 g/mol. The van der Waals surface area contributed by atoms with Crippen LogP contribution in [0.15, 0.2) is 12.3 Å². The fraction of sp³-hybridized carbons (Fsp3) is 0.722. The van der Waals surface area contributed by atoms with E-state index in [-0.39, 0.29) is 18.6 Å². The van der Waals surface area contributed by atoms with Crippen molar-refractivity contribution >= 4 is 37.7 Å². The van der Waals surface area contributed by atoms with Crippen LogP contribution in [0.2, 0.25) is 0 Å². The van der Waals surface area contributed by atoms with Crippen LogP contribution in [0.4, 0.5) is 10.5 Å². The van der Waals surface area contributed by atoms with Crippen LogP contribution in [0.5, 0.6) is 5.75 Å². The number of alkyl carbamates (subject to hydrolysis) is 1. The van der Waals surface area contributed by atoms with E-state index in [2.05, 4.69) is 48.2 Å². The lowest BCUT2D eigenvalue weighted by Crippen LogP contribution is -2.51. The Bertz CT molecular complexity index is 1420. The molecule has 2 N–H and O–H groups in total.